The normalized spacial score (nSPS) is 29.1. The molecule has 2 atom stereocenters. The fraction of sp³-hybridized carbons (Fsp3) is 0.538. The highest BCUT2D eigenvalue weighted by Gasteiger charge is 2.52. The van der Waals surface area contributed by atoms with Crippen LogP contribution in [0.1, 0.15) is 25.3 Å². The van der Waals surface area contributed by atoms with Crippen LogP contribution in [0.5, 0.6) is 0 Å². The van der Waals surface area contributed by atoms with Crippen molar-refractivity contribution >= 4 is 0 Å². The van der Waals surface area contributed by atoms with Gasteiger partial charge in [-0.1, -0.05) is 19.1 Å². The third-order valence-electron chi connectivity index (χ3n) is 3.71. The van der Waals surface area contributed by atoms with Crippen molar-refractivity contribution in [1.29, 1.82) is 0 Å². The van der Waals surface area contributed by atoms with Crippen LogP contribution in [0, 0.1) is 11.7 Å². The van der Waals surface area contributed by atoms with E-state index in [0.717, 1.165) is 13.0 Å². The number of hydrogen-bond donors (Lipinski definition) is 1. The van der Waals surface area contributed by atoms with Gasteiger partial charge in [-0.2, -0.15) is 0 Å². The quantitative estimate of drug-likeness (QED) is 0.800. The number of halogens is 1. The number of nitrogens with one attached hydrogen (secondary N) is 1. The van der Waals surface area contributed by atoms with Crippen molar-refractivity contribution in [2.75, 3.05) is 13.6 Å². The second-order valence-corrected chi connectivity index (χ2v) is 4.48. The molecule has 1 fully saturated rings. The highest BCUT2D eigenvalue weighted by molar-refractivity contribution is 5.34. The second-order valence-electron chi connectivity index (χ2n) is 4.48. The van der Waals surface area contributed by atoms with E-state index in [-0.39, 0.29) is 11.2 Å². The molecule has 0 saturated heterocycles. The third kappa shape index (κ3) is 1.78. The van der Waals surface area contributed by atoms with Crippen LogP contribution >= 0.6 is 0 Å². The maximum absolute atomic E-state index is 13.2. The minimum absolute atomic E-state index is 0.115. The van der Waals surface area contributed by atoms with Crippen LogP contribution in [-0.4, -0.2) is 13.6 Å². The van der Waals surface area contributed by atoms with Crippen molar-refractivity contribution in [2.24, 2.45) is 5.92 Å². The fourth-order valence-corrected chi connectivity index (χ4v) is 2.68. The average Bonchev–Trinajstić information content (AvgIpc) is 2.94. The summed E-state index contributed by atoms with van der Waals surface area (Å²) in [6, 6.07) is 7.08. The predicted molar refractivity (Wildman–Crippen MR) is 60.4 cm³/mol. The second kappa shape index (κ2) is 3.93. The molecule has 0 bridgehead atoms. The lowest BCUT2D eigenvalue weighted by Crippen LogP contribution is -2.17. The highest BCUT2D eigenvalue weighted by atomic mass is 19.1. The Labute approximate surface area is 90.7 Å². The Bertz CT molecular complexity index is 350. The Balaban J connectivity index is 2.22. The lowest BCUT2D eigenvalue weighted by molar-refractivity contribution is 0.552. The summed E-state index contributed by atoms with van der Waals surface area (Å²) in [6.07, 6.45) is 2.29. The average molecular weight is 207 g/mol. The molecular weight excluding hydrogens is 189 g/mol. The molecule has 1 aliphatic rings. The van der Waals surface area contributed by atoms with Crippen LogP contribution in [0.4, 0.5) is 4.39 Å². The van der Waals surface area contributed by atoms with Crippen LogP contribution in [0.2, 0.25) is 0 Å². The maximum atomic E-state index is 13.2. The molecule has 0 aromatic heterocycles. The SMILES string of the molecule is CCC1(c2cccc(F)c2)CC1CNC. The largest absolute Gasteiger partial charge is 0.319 e. The van der Waals surface area contributed by atoms with E-state index in [0.29, 0.717) is 5.92 Å². The molecule has 1 aromatic carbocycles. The summed E-state index contributed by atoms with van der Waals surface area (Å²) < 4.78 is 13.2. The van der Waals surface area contributed by atoms with Gasteiger partial charge in [0.1, 0.15) is 5.82 Å². The van der Waals surface area contributed by atoms with Crippen molar-refractivity contribution in [3.8, 4) is 0 Å². The van der Waals surface area contributed by atoms with Gasteiger partial charge in [0, 0.05) is 0 Å². The van der Waals surface area contributed by atoms with Crippen LogP contribution < -0.4 is 5.32 Å². The van der Waals surface area contributed by atoms with Crippen molar-refractivity contribution < 1.29 is 4.39 Å². The molecule has 0 heterocycles. The summed E-state index contributed by atoms with van der Waals surface area (Å²) in [7, 11) is 1.98. The zero-order chi connectivity index (χ0) is 10.9. The smallest absolute Gasteiger partial charge is 0.123 e. The Morgan fingerprint density at radius 1 is 1.53 bits per heavy atom. The van der Waals surface area contributed by atoms with Crippen molar-refractivity contribution in [3.63, 3.8) is 0 Å². The van der Waals surface area contributed by atoms with Crippen LogP contribution in [0.25, 0.3) is 0 Å². The molecule has 82 valence electrons. The lowest BCUT2D eigenvalue weighted by Gasteiger charge is -2.15. The molecule has 0 spiro atoms. The highest BCUT2D eigenvalue weighted by Crippen LogP contribution is 2.56. The van der Waals surface area contributed by atoms with Gasteiger partial charge in [0.05, 0.1) is 0 Å². The minimum atomic E-state index is -0.115. The van der Waals surface area contributed by atoms with E-state index in [1.807, 2.05) is 13.1 Å². The van der Waals surface area contributed by atoms with Gasteiger partial charge in [-0.15, -0.1) is 0 Å². The molecule has 2 rings (SSSR count). The first-order valence-electron chi connectivity index (χ1n) is 5.63. The molecule has 1 N–H and O–H groups in total. The molecule has 1 aliphatic carbocycles. The van der Waals surface area contributed by atoms with Crippen LogP contribution in [0.3, 0.4) is 0 Å². The Kier molecular flexibility index (Phi) is 2.79. The third-order valence-corrected chi connectivity index (χ3v) is 3.71. The van der Waals surface area contributed by atoms with E-state index in [4.69, 9.17) is 0 Å². The van der Waals surface area contributed by atoms with Gasteiger partial charge in [0.15, 0.2) is 0 Å². The molecule has 2 heteroatoms. The van der Waals surface area contributed by atoms with Crippen molar-refractivity contribution in [3.05, 3.63) is 35.6 Å². The van der Waals surface area contributed by atoms with E-state index >= 15 is 0 Å². The summed E-state index contributed by atoms with van der Waals surface area (Å²) in [4.78, 5) is 0. The molecule has 15 heavy (non-hydrogen) atoms. The standard InChI is InChI=1S/C13H18FN/c1-3-13(8-11(13)9-15-2)10-5-4-6-12(14)7-10/h4-7,11,15H,3,8-9H2,1-2H3. The Morgan fingerprint density at radius 3 is 2.93 bits per heavy atom. The first-order chi connectivity index (χ1) is 7.23. The maximum Gasteiger partial charge on any atom is 0.123 e. The van der Waals surface area contributed by atoms with Gasteiger partial charge in [-0.05, 0) is 55.5 Å². The van der Waals surface area contributed by atoms with E-state index < -0.39 is 0 Å². The van der Waals surface area contributed by atoms with Gasteiger partial charge >= 0.3 is 0 Å². The number of rotatable bonds is 4. The van der Waals surface area contributed by atoms with Gasteiger partial charge in [-0.3, -0.25) is 0 Å². The molecule has 0 amide bonds. The first-order valence-corrected chi connectivity index (χ1v) is 5.63. The molecule has 1 nitrogen and oxygen atoms in total. The Hall–Kier alpha value is -0.890. The summed E-state index contributed by atoms with van der Waals surface area (Å²) in [5.41, 5.74) is 1.41. The van der Waals surface area contributed by atoms with Crippen molar-refractivity contribution in [2.45, 2.75) is 25.2 Å². The predicted octanol–water partition coefficient (Wildman–Crippen LogP) is 2.71. The van der Waals surface area contributed by atoms with Gasteiger partial charge in [0.2, 0.25) is 0 Å². The monoisotopic (exact) mass is 207 g/mol. The Morgan fingerprint density at radius 2 is 2.33 bits per heavy atom. The molecule has 1 aromatic rings. The molecule has 1 saturated carbocycles. The van der Waals surface area contributed by atoms with Gasteiger partial charge in [0.25, 0.3) is 0 Å². The fourth-order valence-electron chi connectivity index (χ4n) is 2.68. The van der Waals surface area contributed by atoms with Crippen molar-refractivity contribution in [1.82, 2.24) is 5.32 Å². The summed E-state index contributed by atoms with van der Waals surface area (Å²) in [5.74, 6) is 0.560. The van der Waals surface area contributed by atoms with E-state index in [1.165, 1.54) is 18.1 Å². The molecular formula is C13H18FN. The zero-order valence-electron chi connectivity index (χ0n) is 9.39. The van der Waals surface area contributed by atoms with Crippen LogP contribution in [0.15, 0.2) is 24.3 Å². The topological polar surface area (TPSA) is 12.0 Å². The summed E-state index contributed by atoms with van der Waals surface area (Å²) in [5, 5.41) is 3.21. The summed E-state index contributed by atoms with van der Waals surface area (Å²) >= 11 is 0. The van der Waals surface area contributed by atoms with E-state index in [2.05, 4.69) is 18.3 Å². The van der Waals surface area contributed by atoms with Gasteiger partial charge < -0.3 is 5.32 Å². The number of benzene rings is 1. The first kappa shape index (κ1) is 10.6. The van der Waals surface area contributed by atoms with Crippen LogP contribution in [-0.2, 0) is 5.41 Å². The summed E-state index contributed by atoms with van der Waals surface area (Å²) in [6.45, 7) is 3.23. The molecule has 2 unspecified atom stereocenters. The van der Waals surface area contributed by atoms with Gasteiger partial charge in [-0.25, -0.2) is 4.39 Å². The molecule has 0 aliphatic heterocycles. The number of hydrogen-bond acceptors (Lipinski definition) is 1. The van der Waals surface area contributed by atoms with E-state index in [9.17, 15) is 4.39 Å². The molecule has 0 radical (unpaired) electrons. The minimum Gasteiger partial charge on any atom is -0.319 e. The zero-order valence-corrected chi connectivity index (χ0v) is 9.39. The lowest BCUT2D eigenvalue weighted by atomic mass is 9.90. The van der Waals surface area contributed by atoms with E-state index in [1.54, 1.807) is 6.07 Å².